The molecule has 2 N–H and O–H groups in total. The molecule has 2 atom stereocenters. The molecule has 0 spiro atoms. The maximum Gasteiger partial charge on any atom is 0.192 e. The van der Waals surface area contributed by atoms with Crippen LogP contribution in [0.1, 0.15) is 10.8 Å². The number of hydrogen-bond acceptors (Lipinski definition) is 6. The molecule has 0 radical (unpaired) electrons. The van der Waals surface area contributed by atoms with Crippen molar-refractivity contribution in [3.05, 3.63) is 43.7 Å². The van der Waals surface area contributed by atoms with Gasteiger partial charge in [0, 0.05) is 29.8 Å². The van der Waals surface area contributed by atoms with Crippen molar-refractivity contribution in [2.75, 3.05) is 20.1 Å². The van der Waals surface area contributed by atoms with Gasteiger partial charge in [0.15, 0.2) is 5.41 Å². The summed E-state index contributed by atoms with van der Waals surface area (Å²) in [6, 6.07) is 10.2. The van der Waals surface area contributed by atoms with Gasteiger partial charge in [0.05, 0.1) is 27.2 Å². The molecule has 7 heteroatoms. The van der Waals surface area contributed by atoms with Crippen LogP contribution in [0.2, 0.25) is 0 Å². The van der Waals surface area contributed by atoms with Gasteiger partial charge >= 0.3 is 0 Å². The Hall–Kier alpha value is -2.11. The van der Waals surface area contributed by atoms with Crippen molar-refractivity contribution >= 4 is 27.3 Å². The molecule has 1 aliphatic heterocycles. The van der Waals surface area contributed by atoms with Crippen LogP contribution in [0.15, 0.2) is 38.8 Å². The maximum atomic E-state index is 9.88. The van der Waals surface area contributed by atoms with Crippen LogP contribution in [-0.2, 0) is 0 Å². The molecule has 0 bridgehead atoms. The smallest absolute Gasteiger partial charge is 0.192 e. The summed E-state index contributed by atoms with van der Waals surface area (Å²) < 4.78 is 0.936. The summed E-state index contributed by atoms with van der Waals surface area (Å²) in [5, 5.41) is 29.4. The van der Waals surface area contributed by atoms with E-state index in [4.69, 9.17) is 5.73 Å². The van der Waals surface area contributed by atoms with Gasteiger partial charge in [-0.3, -0.25) is 0 Å². The first-order chi connectivity index (χ1) is 11.5. The molecule has 2 aliphatic rings. The number of nitrogens with two attached hydrogens (primary N) is 1. The van der Waals surface area contributed by atoms with Gasteiger partial charge in [-0.1, -0.05) is 6.08 Å². The minimum atomic E-state index is -1.53. The zero-order valence-corrected chi connectivity index (χ0v) is 15.4. The van der Waals surface area contributed by atoms with Gasteiger partial charge in [-0.15, -0.1) is 11.3 Å². The first kappa shape index (κ1) is 16.7. The van der Waals surface area contributed by atoms with E-state index in [0.717, 1.165) is 20.8 Å². The molecule has 0 saturated carbocycles. The van der Waals surface area contributed by atoms with E-state index in [1.165, 1.54) is 11.3 Å². The van der Waals surface area contributed by atoms with Crippen molar-refractivity contribution in [1.82, 2.24) is 4.90 Å². The van der Waals surface area contributed by atoms with Crippen LogP contribution in [0.5, 0.6) is 0 Å². The van der Waals surface area contributed by atoms with Crippen LogP contribution in [0.3, 0.4) is 0 Å². The fraction of sp³-hybridized carbons (Fsp3) is 0.353. The molecule has 0 amide bonds. The normalized spacial score (nSPS) is 25.9. The summed E-state index contributed by atoms with van der Waals surface area (Å²) in [6.07, 6.45) is 1.99. The first-order valence-corrected chi connectivity index (χ1v) is 8.96. The average molecular weight is 400 g/mol. The number of fused-ring (bicyclic) bond motifs is 1. The highest BCUT2D eigenvalue weighted by Gasteiger charge is 2.54. The Balaban J connectivity index is 2.33. The van der Waals surface area contributed by atoms with Crippen molar-refractivity contribution in [3.63, 3.8) is 0 Å². The van der Waals surface area contributed by atoms with E-state index in [2.05, 4.69) is 39.0 Å². The Labute approximate surface area is 153 Å². The monoisotopic (exact) mass is 399 g/mol. The number of allylic oxidation sites excluding steroid dienone is 2. The number of likely N-dealkylation sites (N-methyl/N-ethyl adjacent to an activating group) is 1. The molecule has 0 aromatic carbocycles. The minimum Gasteiger partial charge on any atom is -0.399 e. The molecule has 3 rings (SSSR count). The van der Waals surface area contributed by atoms with E-state index >= 15 is 0 Å². The Kier molecular flexibility index (Phi) is 4.24. The van der Waals surface area contributed by atoms with Crippen LogP contribution >= 0.6 is 27.3 Å². The summed E-state index contributed by atoms with van der Waals surface area (Å²) in [7, 11) is 1.99. The Bertz CT molecular complexity index is 862. The van der Waals surface area contributed by atoms with Gasteiger partial charge in [-0.25, -0.2) is 0 Å². The molecule has 1 aromatic rings. The molecule has 2 heterocycles. The van der Waals surface area contributed by atoms with Gasteiger partial charge in [-0.2, -0.15) is 15.8 Å². The molecule has 0 saturated heterocycles. The molecule has 24 heavy (non-hydrogen) atoms. The van der Waals surface area contributed by atoms with E-state index < -0.39 is 11.3 Å². The summed E-state index contributed by atoms with van der Waals surface area (Å²) in [6.45, 7) is 1.40. The predicted molar refractivity (Wildman–Crippen MR) is 94.3 cm³/mol. The molecule has 0 fully saturated rings. The number of nitrogens with zero attached hydrogens (tertiary/aromatic N) is 4. The molecular weight excluding hydrogens is 386 g/mol. The van der Waals surface area contributed by atoms with Crippen LogP contribution in [0, 0.1) is 45.3 Å². The highest BCUT2D eigenvalue weighted by Crippen LogP contribution is 2.55. The number of halogens is 1. The summed E-state index contributed by atoms with van der Waals surface area (Å²) in [5.41, 5.74) is 5.92. The standard InChI is InChI=1S/C17H14BrN5S/c1-23-5-4-10-11(6-19)16(22)17(8-20,9-21)15(12(10)7-23)13-2-3-14(18)24-13/h2-4,12,15H,5,7,22H2,1H3/t12-,15+/m0/s1. The first-order valence-electron chi connectivity index (χ1n) is 7.35. The highest BCUT2D eigenvalue weighted by molar-refractivity contribution is 9.11. The van der Waals surface area contributed by atoms with Crippen molar-refractivity contribution in [2.24, 2.45) is 17.1 Å². The molecule has 120 valence electrons. The third kappa shape index (κ3) is 2.27. The Morgan fingerprint density at radius 2 is 2.04 bits per heavy atom. The quantitative estimate of drug-likeness (QED) is 0.781. The van der Waals surface area contributed by atoms with E-state index in [9.17, 15) is 15.8 Å². The van der Waals surface area contributed by atoms with Crippen molar-refractivity contribution in [2.45, 2.75) is 5.92 Å². The number of hydrogen-bond donors (Lipinski definition) is 1. The Morgan fingerprint density at radius 1 is 1.33 bits per heavy atom. The van der Waals surface area contributed by atoms with Gasteiger partial charge in [0.1, 0.15) is 6.07 Å². The lowest BCUT2D eigenvalue weighted by Gasteiger charge is -2.44. The van der Waals surface area contributed by atoms with E-state index in [0.29, 0.717) is 12.1 Å². The number of nitriles is 3. The van der Waals surface area contributed by atoms with Gasteiger partial charge in [-0.05, 0) is 40.7 Å². The second kappa shape index (κ2) is 6.07. The van der Waals surface area contributed by atoms with Crippen LogP contribution in [-0.4, -0.2) is 25.0 Å². The third-order valence-corrected chi connectivity index (χ3v) is 6.45. The van der Waals surface area contributed by atoms with Gasteiger partial charge < -0.3 is 10.6 Å². The van der Waals surface area contributed by atoms with Crippen molar-refractivity contribution in [3.8, 4) is 18.2 Å². The lowest BCUT2D eigenvalue weighted by atomic mass is 9.59. The largest absolute Gasteiger partial charge is 0.399 e. The van der Waals surface area contributed by atoms with Crippen molar-refractivity contribution in [1.29, 1.82) is 15.8 Å². The zero-order valence-electron chi connectivity index (χ0n) is 13.0. The second-order valence-electron chi connectivity index (χ2n) is 6.04. The minimum absolute atomic E-state index is 0.0802. The fourth-order valence-electron chi connectivity index (χ4n) is 3.63. The van der Waals surface area contributed by atoms with Crippen LogP contribution in [0.4, 0.5) is 0 Å². The molecular formula is C17H14BrN5S. The van der Waals surface area contributed by atoms with Crippen LogP contribution in [0.25, 0.3) is 0 Å². The molecule has 5 nitrogen and oxygen atoms in total. The van der Waals surface area contributed by atoms with Crippen LogP contribution < -0.4 is 5.73 Å². The number of thiophene rings is 1. The second-order valence-corrected chi connectivity index (χ2v) is 8.53. The third-order valence-electron chi connectivity index (χ3n) is 4.75. The topological polar surface area (TPSA) is 101 Å². The fourth-order valence-corrected chi connectivity index (χ4v) is 5.28. The van der Waals surface area contributed by atoms with E-state index in [1.54, 1.807) is 0 Å². The summed E-state index contributed by atoms with van der Waals surface area (Å²) in [4.78, 5) is 3.05. The van der Waals surface area contributed by atoms with E-state index in [-0.39, 0.29) is 11.6 Å². The summed E-state index contributed by atoms with van der Waals surface area (Å²) >= 11 is 4.96. The lowest BCUT2D eigenvalue weighted by molar-refractivity contribution is 0.240. The Morgan fingerprint density at radius 3 is 2.58 bits per heavy atom. The average Bonchev–Trinajstić information content (AvgIpc) is 3.00. The van der Waals surface area contributed by atoms with Crippen molar-refractivity contribution < 1.29 is 0 Å². The lowest BCUT2D eigenvalue weighted by Crippen LogP contribution is -2.47. The molecule has 1 aliphatic carbocycles. The van der Waals surface area contributed by atoms with E-state index in [1.807, 2.05) is 25.3 Å². The molecule has 1 aromatic heterocycles. The highest BCUT2D eigenvalue weighted by atomic mass is 79.9. The van der Waals surface area contributed by atoms with Gasteiger partial charge in [0.25, 0.3) is 0 Å². The predicted octanol–water partition coefficient (Wildman–Crippen LogP) is 2.87. The zero-order chi connectivity index (χ0) is 17.5. The maximum absolute atomic E-state index is 9.88. The SMILES string of the molecule is CN1CC=C2C(C#N)=C(N)C(C#N)(C#N)[C@@H](c3ccc(Br)s3)[C@H]2C1. The number of rotatable bonds is 1. The molecule has 0 unspecified atom stereocenters. The van der Waals surface area contributed by atoms with Gasteiger partial charge in [0.2, 0.25) is 0 Å². The summed E-state index contributed by atoms with van der Waals surface area (Å²) in [5.74, 6) is -0.509.